The first-order valence-electron chi connectivity index (χ1n) is 6.21. The van der Waals surface area contributed by atoms with Crippen molar-refractivity contribution in [2.45, 2.75) is 11.4 Å². The smallest absolute Gasteiger partial charge is 0.319 e. The molecule has 0 aliphatic heterocycles. The van der Waals surface area contributed by atoms with Gasteiger partial charge in [0.05, 0.1) is 4.90 Å². The van der Waals surface area contributed by atoms with E-state index < -0.39 is 16.1 Å². The molecule has 0 spiro atoms. The summed E-state index contributed by atoms with van der Waals surface area (Å²) in [6.45, 7) is 0.326. The largest absolute Gasteiger partial charge is 0.334 e. The van der Waals surface area contributed by atoms with Crippen LogP contribution in [0.3, 0.4) is 0 Å². The lowest BCUT2D eigenvalue weighted by Crippen LogP contribution is -2.28. The number of carbonyl (C=O) groups is 1. The maximum absolute atomic E-state index is 11.7. The standard InChI is InChI=1S/C14H13ClN2O4S/c15-11-3-1-10(2-4-11)9-16-14(18)17-12-5-7-13(8-6-12)22(19,20)21/h1-8H,9H2,(H2,16,17,18)(H,19,20,21). The Bertz CT molecular complexity index is 758. The van der Waals surface area contributed by atoms with Crippen LogP contribution in [0.4, 0.5) is 10.5 Å². The summed E-state index contributed by atoms with van der Waals surface area (Å²) >= 11 is 5.77. The van der Waals surface area contributed by atoms with Crippen LogP contribution in [0.15, 0.2) is 53.4 Å². The molecular formula is C14H13ClN2O4S. The molecule has 8 heteroatoms. The van der Waals surface area contributed by atoms with Gasteiger partial charge in [-0.2, -0.15) is 8.42 Å². The molecule has 0 aromatic heterocycles. The Morgan fingerprint density at radius 3 is 2.18 bits per heavy atom. The second-order valence-corrected chi connectivity index (χ2v) is 6.29. The van der Waals surface area contributed by atoms with E-state index >= 15 is 0 Å². The van der Waals surface area contributed by atoms with E-state index in [1.807, 2.05) is 0 Å². The average molecular weight is 341 g/mol. The SMILES string of the molecule is O=C(NCc1ccc(Cl)cc1)Nc1ccc(S(=O)(=O)O)cc1. The predicted octanol–water partition coefficient (Wildman–Crippen LogP) is 2.91. The van der Waals surface area contributed by atoms with Gasteiger partial charge in [-0.1, -0.05) is 23.7 Å². The summed E-state index contributed by atoms with van der Waals surface area (Å²) in [7, 11) is -4.24. The zero-order valence-electron chi connectivity index (χ0n) is 11.3. The lowest BCUT2D eigenvalue weighted by Gasteiger charge is -2.08. The summed E-state index contributed by atoms with van der Waals surface area (Å²) in [5.74, 6) is 0. The molecule has 2 aromatic rings. The molecule has 0 saturated heterocycles. The fourth-order valence-electron chi connectivity index (χ4n) is 1.67. The molecule has 0 radical (unpaired) electrons. The van der Waals surface area contributed by atoms with Gasteiger partial charge in [0.25, 0.3) is 10.1 Å². The number of halogens is 1. The maximum atomic E-state index is 11.7. The number of rotatable bonds is 4. The Morgan fingerprint density at radius 2 is 1.64 bits per heavy atom. The Kier molecular flexibility index (Phi) is 5.02. The Morgan fingerprint density at radius 1 is 1.05 bits per heavy atom. The monoisotopic (exact) mass is 340 g/mol. The van der Waals surface area contributed by atoms with Crippen molar-refractivity contribution in [3.63, 3.8) is 0 Å². The summed E-state index contributed by atoms with van der Waals surface area (Å²) < 4.78 is 30.6. The number of nitrogens with one attached hydrogen (secondary N) is 2. The van der Waals surface area contributed by atoms with E-state index in [4.69, 9.17) is 16.2 Å². The number of hydrogen-bond donors (Lipinski definition) is 3. The Balaban J connectivity index is 1.90. The van der Waals surface area contributed by atoms with E-state index in [9.17, 15) is 13.2 Å². The van der Waals surface area contributed by atoms with E-state index in [2.05, 4.69) is 10.6 Å². The van der Waals surface area contributed by atoms with Crippen LogP contribution in [0, 0.1) is 0 Å². The van der Waals surface area contributed by atoms with Crippen molar-refractivity contribution < 1.29 is 17.8 Å². The topological polar surface area (TPSA) is 95.5 Å². The number of urea groups is 1. The van der Waals surface area contributed by atoms with E-state index in [1.165, 1.54) is 24.3 Å². The normalized spacial score (nSPS) is 11.0. The van der Waals surface area contributed by atoms with Crippen molar-refractivity contribution in [1.29, 1.82) is 0 Å². The molecule has 0 aliphatic rings. The van der Waals surface area contributed by atoms with Crippen LogP contribution in [0.1, 0.15) is 5.56 Å². The predicted molar refractivity (Wildman–Crippen MR) is 83.6 cm³/mol. The van der Waals surface area contributed by atoms with E-state index in [-0.39, 0.29) is 4.90 Å². The lowest BCUT2D eigenvalue weighted by atomic mass is 10.2. The molecule has 0 saturated carbocycles. The van der Waals surface area contributed by atoms with E-state index in [0.717, 1.165) is 5.56 Å². The number of anilines is 1. The quantitative estimate of drug-likeness (QED) is 0.746. The van der Waals surface area contributed by atoms with Gasteiger partial charge in [-0.15, -0.1) is 0 Å². The van der Waals surface area contributed by atoms with Crippen LogP contribution >= 0.6 is 11.6 Å². The molecule has 0 unspecified atom stereocenters. The van der Waals surface area contributed by atoms with Crippen LogP contribution in [-0.4, -0.2) is 19.0 Å². The van der Waals surface area contributed by atoms with Crippen LogP contribution in [0.5, 0.6) is 0 Å². The second kappa shape index (κ2) is 6.78. The van der Waals surface area contributed by atoms with Crippen LogP contribution in [-0.2, 0) is 16.7 Å². The highest BCUT2D eigenvalue weighted by atomic mass is 35.5. The Hall–Kier alpha value is -2.09. The van der Waals surface area contributed by atoms with Crippen LogP contribution < -0.4 is 10.6 Å². The molecule has 116 valence electrons. The molecule has 0 bridgehead atoms. The molecule has 22 heavy (non-hydrogen) atoms. The third kappa shape index (κ3) is 4.73. The van der Waals surface area contributed by atoms with Crippen molar-refractivity contribution in [1.82, 2.24) is 5.32 Å². The maximum Gasteiger partial charge on any atom is 0.319 e. The molecule has 2 aromatic carbocycles. The van der Waals surface area contributed by atoms with Gasteiger partial charge in [0, 0.05) is 17.3 Å². The Labute approximate surface area is 132 Å². The summed E-state index contributed by atoms with van der Waals surface area (Å²) in [5, 5.41) is 5.82. The van der Waals surface area contributed by atoms with Gasteiger partial charge >= 0.3 is 6.03 Å². The van der Waals surface area contributed by atoms with Crippen molar-refractivity contribution in [3.05, 3.63) is 59.1 Å². The lowest BCUT2D eigenvalue weighted by molar-refractivity contribution is 0.251. The van der Waals surface area contributed by atoms with E-state index in [1.54, 1.807) is 24.3 Å². The molecule has 2 rings (SSSR count). The summed E-state index contributed by atoms with van der Waals surface area (Å²) in [5.41, 5.74) is 1.29. The second-order valence-electron chi connectivity index (χ2n) is 4.43. The molecule has 3 N–H and O–H groups in total. The van der Waals surface area contributed by atoms with Crippen LogP contribution in [0.25, 0.3) is 0 Å². The van der Waals surface area contributed by atoms with Gasteiger partial charge in [0.1, 0.15) is 0 Å². The third-order valence-electron chi connectivity index (χ3n) is 2.78. The molecule has 0 atom stereocenters. The van der Waals surface area contributed by atoms with Crippen molar-refractivity contribution in [2.24, 2.45) is 0 Å². The molecule has 6 nitrogen and oxygen atoms in total. The molecule has 0 fully saturated rings. The van der Waals surface area contributed by atoms with E-state index in [0.29, 0.717) is 17.3 Å². The van der Waals surface area contributed by atoms with Gasteiger partial charge in [-0.25, -0.2) is 4.79 Å². The van der Waals surface area contributed by atoms with Crippen molar-refractivity contribution >= 4 is 33.4 Å². The molecule has 0 heterocycles. The molecule has 0 aliphatic carbocycles. The first-order chi connectivity index (χ1) is 10.3. The zero-order chi connectivity index (χ0) is 16.2. The minimum atomic E-state index is -4.24. The minimum absolute atomic E-state index is 0.236. The van der Waals surface area contributed by atoms with Gasteiger partial charge in [-0.3, -0.25) is 4.55 Å². The summed E-state index contributed by atoms with van der Waals surface area (Å²) in [6, 6.07) is 11.8. The number of benzene rings is 2. The minimum Gasteiger partial charge on any atom is -0.334 e. The number of amides is 2. The fraction of sp³-hybridized carbons (Fsp3) is 0.0714. The summed E-state index contributed by atoms with van der Waals surface area (Å²) in [6.07, 6.45) is 0. The zero-order valence-corrected chi connectivity index (χ0v) is 12.9. The van der Waals surface area contributed by atoms with Gasteiger partial charge < -0.3 is 10.6 Å². The van der Waals surface area contributed by atoms with Crippen molar-refractivity contribution in [2.75, 3.05) is 5.32 Å². The highest BCUT2D eigenvalue weighted by Crippen LogP contribution is 2.13. The summed E-state index contributed by atoms with van der Waals surface area (Å²) in [4.78, 5) is 11.5. The first kappa shape index (κ1) is 16.3. The van der Waals surface area contributed by atoms with Gasteiger partial charge in [0.15, 0.2) is 0 Å². The van der Waals surface area contributed by atoms with Gasteiger partial charge in [0.2, 0.25) is 0 Å². The first-order valence-corrected chi connectivity index (χ1v) is 8.03. The average Bonchev–Trinajstić information content (AvgIpc) is 2.46. The highest BCUT2D eigenvalue weighted by molar-refractivity contribution is 7.85. The van der Waals surface area contributed by atoms with Gasteiger partial charge in [-0.05, 0) is 42.0 Å². The van der Waals surface area contributed by atoms with Crippen LogP contribution in [0.2, 0.25) is 5.02 Å². The highest BCUT2D eigenvalue weighted by Gasteiger charge is 2.09. The fourth-order valence-corrected chi connectivity index (χ4v) is 2.28. The number of carbonyl (C=O) groups excluding carboxylic acids is 1. The van der Waals surface area contributed by atoms with Crippen molar-refractivity contribution in [3.8, 4) is 0 Å². The number of hydrogen-bond acceptors (Lipinski definition) is 3. The molecular weight excluding hydrogens is 328 g/mol. The molecule has 2 amide bonds. The third-order valence-corrected chi connectivity index (χ3v) is 3.90.